The molecule has 0 aliphatic heterocycles. The number of imidazole rings is 1. The zero-order valence-electron chi connectivity index (χ0n) is 8.89. The van der Waals surface area contributed by atoms with Crippen molar-refractivity contribution < 1.29 is 5.11 Å². The van der Waals surface area contributed by atoms with Crippen molar-refractivity contribution >= 4 is 11.6 Å². The molecule has 0 radical (unpaired) electrons. The Morgan fingerprint density at radius 3 is 2.88 bits per heavy atom. The number of aromatic nitrogens is 3. The number of halogens is 1. The first-order valence-corrected chi connectivity index (χ1v) is 5.35. The molecule has 0 fully saturated rings. The van der Waals surface area contributed by atoms with Gasteiger partial charge in [-0.2, -0.15) is 0 Å². The molecule has 2 rings (SSSR count). The van der Waals surface area contributed by atoms with Crippen LogP contribution < -0.4 is 0 Å². The second-order valence-electron chi connectivity index (χ2n) is 3.42. The maximum absolute atomic E-state index is 8.89. The SMILES string of the molecule is Cn1c(-c2ccccn2)nc(CCO)c1Cl. The fourth-order valence-corrected chi connectivity index (χ4v) is 1.74. The molecule has 16 heavy (non-hydrogen) atoms. The minimum atomic E-state index is 0.0401. The third-order valence-electron chi connectivity index (χ3n) is 2.33. The van der Waals surface area contributed by atoms with Gasteiger partial charge in [0.2, 0.25) is 0 Å². The van der Waals surface area contributed by atoms with Crippen molar-refractivity contribution in [2.24, 2.45) is 7.05 Å². The number of aliphatic hydroxyl groups excluding tert-OH is 1. The highest BCUT2D eigenvalue weighted by molar-refractivity contribution is 6.30. The number of hydrogen-bond donors (Lipinski definition) is 1. The number of rotatable bonds is 3. The molecule has 2 aromatic heterocycles. The first kappa shape index (κ1) is 11.1. The first-order valence-electron chi connectivity index (χ1n) is 4.97. The average Bonchev–Trinajstić information content (AvgIpc) is 2.59. The van der Waals surface area contributed by atoms with E-state index in [1.54, 1.807) is 10.8 Å². The monoisotopic (exact) mass is 237 g/mol. The van der Waals surface area contributed by atoms with Crippen molar-refractivity contribution in [2.75, 3.05) is 6.61 Å². The summed E-state index contributed by atoms with van der Waals surface area (Å²) in [6.07, 6.45) is 2.17. The summed E-state index contributed by atoms with van der Waals surface area (Å²) in [4.78, 5) is 8.60. The smallest absolute Gasteiger partial charge is 0.159 e. The Labute approximate surface area is 98.5 Å². The molecule has 0 aliphatic carbocycles. The number of pyridine rings is 1. The fourth-order valence-electron chi connectivity index (χ4n) is 1.52. The molecule has 1 N–H and O–H groups in total. The van der Waals surface area contributed by atoms with Gasteiger partial charge in [-0.1, -0.05) is 17.7 Å². The van der Waals surface area contributed by atoms with E-state index in [0.717, 1.165) is 5.69 Å². The van der Waals surface area contributed by atoms with Gasteiger partial charge in [0.25, 0.3) is 0 Å². The summed E-state index contributed by atoms with van der Waals surface area (Å²) in [5.74, 6) is 0.717. The van der Waals surface area contributed by atoms with E-state index in [9.17, 15) is 0 Å². The maximum Gasteiger partial charge on any atom is 0.159 e. The molecule has 5 heteroatoms. The van der Waals surface area contributed by atoms with Crippen molar-refractivity contribution in [1.82, 2.24) is 14.5 Å². The van der Waals surface area contributed by atoms with Crippen molar-refractivity contribution in [2.45, 2.75) is 6.42 Å². The molecule has 2 aromatic rings. The largest absolute Gasteiger partial charge is 0.396 e. The molecule has 0 atom stereocenters. The Morgan fingerprint density at radius 2 is 2.25 bits per heavy atom. The van der Waals surface area contributed by atoms with E-state index in [4.69, 9.17) is 16.7 Å². The summed E-state index contributed by atoms with van der Waals surface area (Å²) in [7, 11) is 1.83. The lowest BCUT2D eigenvalue weighted by molar-refractivity contribution is 0.298. The molecule has 0 saturated carbocycles. The summed E-state index contributed by atoms with van der Waals surface area (Å²) < 4.78 is 1.77. The second kappa shape index (κ2) is 4.63. The zero-order chi connectivity index (χ0) is 11.5. The van der Waals surface area contributed by atoms with Crippen LogP contribution in [0.25, 0.3) is 11.5 Å². The molecular formula is C11H12ClN3O. The van der Waals surface area contributed by atoms with Crippen LogP contribution in [0.2, 0.25) is 5.15 Å². The quantitative estimate of drug-likeness (QED) is 0.884. The fraction of sp³-hybridized carbons (Fsp3) is 0.273. The predicted molar refractivity (Wildman–Crippen MR) is 62.2 cm³/mol. The van der Waals surface area contributed by atoms with Gasteiger partial charge < -0.3 is 9.67 Å². The lowest BCUT2D eigenvalue weighted by Crippen LogP contribution is -1.94. The van der Waals surface area contributed by atoms with Crippen LogP contribution >= 0.6 is 11.6 Å². The van der Waals surface area contributed by atoms with E-state index in [-0.39, 0.29) is 6.61 Å². The second-order valence-corrected chi connectivity index (χ2v) is 3.78. The highest BCUT2D eigenvalue weighted by Crippen LogP contribution is 2.23. The number of hydrogen-bond acceptors (Lipinski definition) is 3. The summed E-state index contributed by atoms with van der Waals surface area (Å²) >= 11 is 6.10. The molecule has 0 spiro atoms. The van der Waals surface area contributed by atoms with Gasteiger partial charge >= 0.3 is 0 Å². The van der Waals surface area contributed by atoms with Gasteiger partial charge in [0.05, 0.1) is 5.69 Å². The van der Waals surface area contributed by atoms with Crippen molar-refractivity contribution in [3.05, 3.63) is 35.2 Å². The maximum atomic E-state index is 8.89. The molecule has 0 aliphatic rings. The molecule has 0 amide bonds. The molecule has 84 valence electrons. The molecule has 0 unspecified atom stereocenters. The van der Waals surface area contributed by atoms with Gasteiger partial charge in [0.1, 0.15) is 10.8 Å². The van der Waals surface area contributed by atoms with Crippen molar-refractivity contribution in [3.63, 3.8) is 0 Å². The Hall–Kier alpha value is -1.39. The van der Waals surface area contributed by atoms with Crippen molar-refractivity contribution in [1.29, 1.82) is 0 Å². The highest BCUT2D eigenvalue weighted by Gasteiger charge is 2.14. The summed E-state index contributed by atoms with van der Waals surface area (Å²) in [6.45, 7) is 0.0401. The third-order valence-corrected chi connectivity index (χ3v) is 2.81. The standard InChI is InChI=1S/C11H12ClN3O/c1-15-10(12)8(5-7-16)14-11(15)9-4-2-3-6-13-9/h2-4,6,16H,5,7H2,1H3. The first-order chi connectivity index (χ1) is 7.74. The van der Waals surface area contributed by atoms with E-state index in [1.807, 2.05) is 25.2 Å². The van der Waals surface area contributed by atoms with Gasteiger partial charge in [0.15, 0.2) is 5.82 Å². The normalized spacial score (nSPS) is 10.7. The van der Waals surface area contributed by atoms with E-state index in [0.29, 0.717) is 23.1 Å². The Morgan fingerprint density at radius 1 is 1.44 bits per heavy atom. The summed E-state index contributed by atoms with van der Waals surface area (Å²) in [5.41, 5.74) is 1.48. The van der Waals surface area contributed by atoms with Gasteiger partial charge in [-0.15, -0.1) is 0 Å². The van der Waals surface area contributed by atoms with Crippen molar-refractivity contribution in [3.8, 4) is 11.5 Å². The van der Waals surface area contributed by atoms with Crippen LogP contribution in [0.3, 0.4) is 0 Å². The Kier molecular flexibility index (Phi) is 3.22. The Balaban J connectivity index is 2.46. The van der Waals surface area contributed by atoms with Crippen LogP contribution in [0, 0.1) is 0 Å². The van der Waals surface area contributed by atoms with Crippen LogP contribution in [-0.4, -0.2) is 26.2 Å². The average molecular weight is 238 g/mol. The molecule has 4 nitrogen and oxygen atoms in total. The molecule has 2 heterocycles. The van der Waals surface area contributed by atoms with Crippen LogP contribution in [0.5, 0.6) is 0 Å². The molecule has 0 saturated heterocycles. The van der Waals surface area contributed by atoms with E-state index in [2.05, 4.69) is 9.97 Å². The van der Waals surface area contributed by atoms with Gasteiger partial charge in [0, 0.05) is 26.3 Å². The summed E-state index contributed by atoms with van der Waals surface area (Å²) in [5, 5.41) is 9.44. The van der Waals surface area contributed by atoms with Crippen LogP contribution in [0.4, 0.5) is 0 Å². The lowest BCUT2D eigenvalue weighted by Gasteiger charge is -2.00. The van der Waals surface area contributed by atoms with E-state index in [1.165, 1.54) is 0 Å². The number of nitrogens with zero attached hydrogens (tertiary/aromatic N) is 3. The lowest BCUT2D eigenvalue weighted by atomic mass is 10.3. The Bertz CT molecular complexity index is 481. The topological polar surface area (TPSA) is 50.9 Å². The van der Waals surface area contributed by atoms with Gasteiger partial charge in [-0.25, -0.2) is 4.98 Å². The molecular weight excluding hydrogens is 226 g/mol. The van der Waals surface area contributed by atoms with Crippen LogP contribution in [0.1, 0.15) is 5.69 Å². The van der Waals surface area contributed by atoms with Gasteiger partial charge in [-0.05, 0) is 12.1 Å². The third kappa shape index (κ3) is 1.94. The van der Waals surface area contributed by atoms with E-state index < -0.39 is 0 Å². The zero-order valence-corrected chi connectivity index (χ0v) is 9.65. The van der Waals surface area contributed by atoms with E-state index >= 15 is 0 Å². The number of aliphatic hydroxyl groups is 1. The van der Waals surface area contributed by atoms with Crippen LogP contribution in [0.15, 0.2) is 24.4 Å². The minimum absolute atomic E-state index is 0.0401. The minimum Gasteiger partial charge on any atom is -0.396 e. The molecule has 0 aromatic carbocycles. The molecule has 0 bridgehead atoms. The van der Waals surface area contributed by atoms with Crippen LogP contribution in [-0.2, 0) is 13.5 Å². The summed E-state index contributed by atoms with van der Waals surface area (Å²) in [6, 6.07) is 5.63. The predicted octanol–water partition coefficient (Wildman–Crippen LogP) is 1.67. The highest BCUT2D eigenvalue weighted by atomic mass is 35.5. The van der Waals surface area contributed by atoms with Gasteiger partial charge in [-0.3, -0.25) is 4.98 Å².